The summed E-state index contributed by atoms with van der Waals surface area (Å²) in [5, 5.41) is 0. The second-order valence-corrected chi connectivity index (χ2v) is 8.63. The van der Waals surface area contributed by atoms with Gasteiger partial charge in [0, 0.05) is 0 Å². The minimum absolute atomic E-state index is 0.185. The van der Waals surface area contributed by atoms with E-state index >= 15 is 0 Å². The van der Waals surface area contributed by atoms with Gasteiger partial charge in [-0.2, -0.15) is 0 Å². The highest BCUT2D eigenvalue weighted by atomic mass is 19.1. The Labute approximate surface area is 145 Å². The summed E-state index contributed by atoms with van der Waals surface area (Å²) < 4.78 is 19.7. The summed E-state index contributed by atoms with van der Waals surface area (Å²) in [6.45, 7) is 12.1. The van der Waals surface area contributed by atoms with Crippen molar-refractivity contribution in [2.24, 2.45) is 5.92 Å². The maximum absolute atomic E-state index is 14.2. The lowest BCUT2D eigenvalue weighted by Gasteiger charge is -2.23. The number of carbonyl (C=O) groups excluding carboxylic acids is 1. The number of hydrogen-bond donors (Lipinski definition) is 0. The molecule has 0 saturated heterocycles. The van der Waals surface area contributed by atoms with Crippen LogP contribution < -0.4 is 0 Å². The van der Waals surface area contributed by atoms with Crippen LogP contribution >= 0.6 is 0 Å². The van der Waals surface area contributed by atoms with Gasteiger partial charge in [0.25, 0.3) is 0 Å². The van der Waals surface area contributed by atoms with Crippen LogP contribution in [-0.2, 0) is 16.0 Å². The van der Waals surface area contributed by atoms with E-state index in [0.29, 0.717) is 11.8 Å². The Kier molecular flexibility index (Phi) is 5.72. The highest BCUT2D eigenvalue weighted by Gasteiger charge is 2.30. The molecule has 1 atom stereocenters. The molecule has 0 aromatic heterocycles. The van der Waals surface area contributed by atoms with Gasteiger partial charge in [-0.15, -0.1) is 0 Å². The minimum Gasteiger partial charge on any atom is -0.460 e. The van der Waals surface area contributed by atoms with Crippen molar-refractivity contribution >= 4 is 5.97 Å². The van der Waals surface area contributed by atoms with Gasteiger partial charge in [0.2, 0.25) is 0 Å². The summed E-state index contributed by atoms with van der Waals surface area (Å²) in [5.41, 5.74) is 2.50. The normalized spacial score (nSPS) is 16.3. The number of carbonyl (C=O) groups is 1. The second-order valence-electron chi connectivity index (χ2n) is 8.63. The SMILES string of the molecule is CC(C)CC(C)c1cc(F)cc(C2CC2)c1CC(=O)OC(C)(C)C. The topological polar surface area (TPSA) is 26.3 Å². The second kappa shape index (κ2) is 7.25. The fourth-order valence-corrected chi connectivity index (χ4v) is 3.44. The van der Waals surface area contributed by atoms with Crippen LogP contribution in [0.25, 0.3) is 0 Å². The molecular formula is C21H31FO2. The molecule has 0 spiro atoms. The Morgan fingerprint density at radius 2 is 1.88 bits per heavy atom. The molecule has 24 heavy (non-hydrogen) atoms. The van der Waals surface area contributed by atoms with Crippen LogP contribution in [0.4, 0.5) is 4.39 Å². The zero-order valence-corrected chi connectivity index (χ0v) is 15.9. The van der Waals surface area contributed by atoms with E-state index in [4.69, 9.17) is 4.74 Å². The largest absolute Gasteiger partial charge is 0.460 e. The molecule has 0 amide bonds. The van der Waals surface area contributed by atoms with Gasteiger partial charge in [-0.25, -0.2) is 4.39 Å². The standard InChI is InChI=1S/C21H31FO2/c1-13(2)9-14(3)17-10-16(22)11-18(15-7-8-15)19(17)12-20(23)24-21(4,5)6/h10-11,13-15H,7-9,12H2,1-6H3. The summed E-state index contributed by atoms with van der Waals surface area (Å²) in [6.07, 6.45) is 3.39. The first-order valence-corrected chi connectivity index (χ1v) is 9.11. The van der Waals surface area contributed by atoms with Crippen molar-refractivity contribution in [3.8, 4) is 0 Å². The molecule has 2 nitrogen and oxygen atoms in total. The minimum atomic E-state index is -0.499. The number of hydrogen-bond acceptors (Lipinski definition) is 2. The van der Waals surface area contributed by atoms with Gasteiger partial charge >= 0.3 is 5.97 Å². The molecule has 1 aromatic rings. The maximum atomic E-state index is 14.2. The van der Waals surface area contributed by atoms with Crippen LogP contribution in [0.15, 0.2) is 12.1 Å². The van der Waals surface area contributed by atoms with Crippen molar-refractivity contribution in [1.29, 1.82) is 0 Å². The smallest absolute Gasteiger partial charge is 0.310 e. The van der Waals surface area contributed by atoms with Crippen LogP contribution in [0.1, 0.15) is 89.3 Å². The molecule has 2 rings (SSSR count). The summed E-state index contributed by atoms with van der Waals surface area (Å²) in [6, 6.07) is 3.25. The van der Waals surface area contributed by atoms with Gasteiger partial charge in [-0.05, 0) is 86.6 Å². The molecule has 3 heteroatoms. The van der Waals surface area contributed by atoms with Gasteiger partial charge in [-0.1, -0.05) is 20.8 Å². The maximum Gasteiger partial charge on any atom is 0.310 e. The third-order valence-electron chi connectivity index (χ3n) is 4.40. The Morgan fingerprint density at radius 3 is 2.38 bits per heavy atom. The third-order valence-corrected chi connectivity index (χ3v) is 4.40. The first-order valence-electron chi connectivity index (χ1n) is 9.11. The van der Waals surface area contributed by atoms with Crippen LogP contribution in [-0.4, -0.2) is 11.6 Å². The molecule has 1 fully saturated rings. The molecule has 0 heterocycles. The number of ether oxygens (including phenoxy) is 1. The van der Waals surface area contributed by atoms with E-state index in [1.807, 2.05) is 20.8 Å². The fourth-order valence-electron chi connectivity index (χ4n) is 3.44. The van der Waals surface area contributed by atoms with Gasteiger partial charge in [0.15, 0.2) is 0 Å². The van der Waals surface area contributed by atoms with Crippen molar-refractivity contribution in [3.05, 3.63) is 34.6 Å². The highest BCUT2D eigenvalue weighted by Crippen LogP contribution is 2.44. The van der Waals surface area contributed by atoms with Crippen LogP contribution in [0.3, 0.4) is 0 Å². The molecule has 0 bridgehead atoms. The van der Waals surface area contributed by atoms with Crippen molar-refractivity contribution in [2.45, 2.75) is 84.7 Å². The van der Waals surface area contributed by atoms with E-state index in [1.54, 1.807) is 12.1 Å². The Hall–Kier alpha value is -1.38. The summed E-state index contributed by atoms with van der Waals surface area (Å²) in [5.74, 6) is 0.755. The van der Waals surface area contributed by atoms with E-state index < -0.39 is 5.60 Å². The quantitative estimate of drug-likeness (QED) is 0.620. The fraction of sp³-hybridized carbons (Fsp3) is 0.667. The molecule has 0 aliphatic heterocycles. The average Bonchev–Trinajstić information content (AvgIpc) is 3.21. The van der Waals surface area contributed by atoms with Crippen molar-refractivity contribution < 1.29 is 13.9 Å². The number of rotatable bonds is 6. The average molecular weight is 334 g/mol. The van der Waals surface area contributed by atoms with Crippen LogP contribution in [0, 0.1) is 11.7 Å². The molecule has 1 saturated carbocycles. The van der Waals surface area contributed by atoms with Gasteiger partial charge < -0.3 is 4.74 Å². The van der Waals surface area contributed by atoms with Crippen molar-refractivity contribution in [3.63, 3.8) is 0 Å². The van der Waals surface area contributed by atoms with Gasteiger partial charge in [-0.3, -0.25) is 4.79 Å². The molecule has 0 radical (unpaired) electrons. The van der Waals surface area contributed by atoms with Crippen LogP contribution in [0.2, 0.25) is 0 Å². The first kappa shape index (κ1) is 19.0. The van der Waals surface area contributed by atoms with E-state index in [1.165, 1.54) is 0 Å². The predicted molar refractivity (Wildman–Crippen MR) is 95.8 cm³/mol. The Morgan fingerprint density at radius 1 is 1.25 bits per heavy atom. The number of esters is 1. The summed E-state index contributed by atoms with van der Waals surface area (Å²) in [4.78, 5) is 12.4. The lowest BCUT2D eigenvalue weighted by atomic mass is 9.84. The third kappa shape index (κ3) is 5.32. The summed E-state index contributed by atoms with van der Waals surface area (Å²) in [7, 11) is 0. The zero-order valence-electron chi connectivity index (χ0n) is 15.9. The van der Waals surface area contributed by atoms with Crippen molar-refractivity contribution in [1.82, 2.24) is 0 Å². The molecule has 1 aliphatic carbocycles. The Balaban J connectivity index is 2.36. The van der Waals surface area contributed by atoms with Gasteiger partial charge in [0.05, 0.1) is 6.42 Å². The molecule has 1 aromatic carbocycles. The molecule has 1 aliphatic rings. The zero-order chi connectivity index (χ0) is 18.1. The molecular weight excluding hydrogens is 303 g/mol. The van der Waals surface area contributed by atoms with Crippen LogP contribution in [0.5, 0.6) is 0 Å². The predicted octanol–water partition coefficient (Wildman–Crippen LogP) is 5.74. The Bertz CT molecular complexity index is 595. The van der Waals surface area contributed by atoms with E-state index in [0.717, 1.165) is 36.0 Å². The number of benzene rings is 1. The lowest BCUT2D eigenvalue weighted by molar-refractivity contribution is -0.153. The highest BCUT2D eigenvalue weighted by molar-refractivity contribution is 5.74. The van der Waals surface area contributed by atoms with Gasteiger partial charge in [0.1, 0.15) is 11.4 Å². The number of halogens is 1. The van der Waals surface area contributed by atoms with E-state index in [2.05, 4.69) is 20.8 Å². The van der Waals surface area contributed by atoms with E-state index in [9.17, 15) is 9.18 Å². The monoisotopic (exact) mass is 334 g/mol. The van der Waals surface area contributed by atoms with E-state index in [-0.39, 0.29) is 24.1 Å². The summed E-state index contributed by atoms with van der Waals surface area (Å²) >= 11 is 0. The molecule has 1 unspecified atom stereocenters. The van der Waals surface area contributed by atoms with Crippen molar-refractivity contribution in [2.75, 3.05) is 0 Å². The lowest BCUT2D eigenvalue weighted by Crippen LogP contribution is -2.25. The first-order chi connectivity index (χ1) is 11.1. The molecule has 0 N–H and O–H groups in total. The molecule has 134 valence electrons.